The molecule has 0 saturated heterocycles. The van der Waals surface area contributed by atoms with Crippen molar-refractivity contribution in [3.05, 3.63) is 28.7 Å². The van der Waals surface area contributed by atoms with Gasteiger partial charge < -0.3 is 15.5 Å². The van der Waals surface area contributed by atoms with Gasteiger partial charge in [-0.25, -0.2) is 4.79 Å². The standard InChI is InChI=1S/C10H11N3O3/c1-5(11)9(14)12-6-2-3-8-7(4-6)13-10(15)16-8/h2-5H,11H2,1H3,(H,12,14)(H,13,15). The van der Waals surface area contributed by atoms with Crippen LogP contribution in [-0.2, 0) is 4.79 Å². The van der Waals surface area contributed by atoms with Crippen LogP contribution in [0, 0.1) is 0 Å². The molecular formula is C10H11N3O3. The fourth-order valence-electron chi connectivity index (χ4n) is 1.29. The quantitative estimate of drug-likeness (QED) is 0.683. The van der Waals surface area contributed by atoms with E-state index in [0.717, 1.165) is 0 Å². The minimum Gasteiger partial charge on any atom is -0.408 e. The minimum atomic E-state index is -0.584. The van der Waals surface area contributed by atoms with Crippen molar-refractivity contribution in [1.29, 1.82) is 0 Å². The summed E-state index contributed by atoms with van der Waals surface area (Å²) in [6.07, 6.45) is 0. The molecule has 0 aliphatic rings. The van der Waals surface area contributed by atoms with Crippen molar-refractivity contribution >= 4 is 22.7 Å². The van der Waals surface area contributed by atoms with Crippen LogP contribution >= 0.6 is 0 Å². The van der Waals surface area contributed by atoms with Gasteiger partial charge in [0.25, 0.3) is 0 Å². The molecule has 4 N–H and O–H groups in total. The molecule has 6 nitrogen and oxygen atoms in total. The highest BCUT2D eigenvalue weighted by Gasteiger charge is 2.08. The average Bonchev–Trinajstić information content (AvgIpc) is 2.57. The molecule has 1 unspecified atom stereocenters. The lowest BCUT2D eigenvalue weighted by molar-refractivity contribution is -0.117. The molecule has 84 valence electrons. The molecular weight excluding hydrogens is 210 g/mol. The molecule has 1 amide bonds. The number of aromatic nitrogens is 1. The number of nitrogens with two attached hydrogens (primary N) is 1. The van der Waals surface area contributed by atoms with E-state index in [1.54, 1.807) is 25.1 Å². The molecule has 0 spiro atoms. The number of carbonyl (C=O) groups excluding carboxylic acids is 1. The van der Waals surface area contributed by atoms with Gasteiger partial charge in [-0.15, -0.1) is 0 Å². The fourth-order valence-corrected chi connectivity index (χ4v) is 1.29. The number of carbonyl (C=O) groups is 1. The van der Waals surface area contributed by atoms with E-state index in [2.05, 4.69) is 10.3 Å². The van der Waals surface area contributed by atoms with Gasteiger partial charge in [-0.3, -0.25) is 9.78 Å². The Kier molecular flexibility index (Phi) is 2.49. The van der Waals surface area contributed by atoms with Gasteiger partial charge in [-0.2, -0.15) is 0 Å². The molecule has 0 radical (unpaired) electrons. The summed E-state index contributed by atoms with van der Waals surface area (Å²) < 4.78 is 4.83. The van der Waals surface area contributed by atoms with E-state index in [4.69, 9.17) is 10.2 Å². The summed E-state index contributed by atoms with van der Waals surface area (Å²) >= 11 is 0. The summed E-state index contributed by atoms with van der Waals surface area (Å²) in [6, 6.07) is 4.27. The summed E-state index contributed by atoms with van der Waals surface area (Å²) in [4.78, 5) is 24.7. The van der Waals surface area contributed by atoms with Gasteiger partial charge in [0.1, 0.15) is 0 Å². The maximum absolute atomic E-state index is 11.3. The van der Waals surface area contributed by atoms with Crippen LogP contribution in [0.5, 0.6) is 0 Å². The Bertz CT molecular complexity index is 582. The van der Waals surface area contributed by atoms with Crippen molar-refractivity contribution in [2.45, 2.75) is 13.0 Å². The van der Waals surface area contributed by atoms with Crippen LogP contribution in [0.1, 0.15) is 6.92 Å². The second kappa shape index (κ2) is 3.82. The van der Waals surface area contributed by atoms with Gasteiger partial charge in [0.05, 0.1) is 11.6 Å². The maximum atomic E-state index is 11.3. The zero-order chi connectivity index (χ0) is 11.7. The minimum absolute atomic E-state index is 0.287. The van der Waals surface area contributed by atoms with Crippen molar-refractivity contribution in [1.82, 2.24) is 4.98 Å². The van der Waals surface area contributed by atoms with Crippen molar-refractivity contribution in [2.24, 2.45) is 5.73 Å². The molecule has 2 rings (SSSR count). The van der Waals surface area contributed by atoms with Gasteiger partial charge in [0, 0.05) is 5.69 Å². The van der Waals surface area contributed by atoms with Crippen LogP contribution in [0.15, 0.2) is 27.4 Å². The van der Waals surface area contributed by atoms with E-state index in [9.17, 15) is 9.59 Å². The molecule has 1 atom stereocenters. The van der Waals surface area contributed by atoms with E-state index in [1.807, 2.05) is 0 Å². The number of benzene rings is 1. The number of fused-ring (bicyclic) bond motifs is 1. The second-order valence-electron chi connectivity index (χ2n) is 3.50. The molecule has 0 saturated carbocycles. The number of aromatic amines is 1. The lowest BCUT2D eigenvalue weighted by Gasteiger charge is -2.06. The Hall–Kier alpha value is -2.08. The highest BCUT2D eigenvalue weighted by Crippen LogP contribution is 2.15. The van der Waals surface area contributed by atoms with Gasteiger partial charge in [-0.1, -0.05) is 0 Å². The van der Waals surface area contributed by atoms with Crippen molar-refractivity contribution in [3.8, 4) is 0 Å². The van der Waals surface area contributed by atoms with E-state index in [-0.39, 0.29) is 5.91 Å². The van der Waals surface area contributed by atoms with Crippen LogP contribution in [-0.4, -0.2) is 16.9 Å². The molecule has 2 aromatic rings. The van der Waals surface area contributed by atoms with E-state index in [1.165, 1.54) is 0 Å². The number of nitrogens with one attached hydrogen (secondary N) is 2. The molecule has 6 heteroatoms. The Balaban J connectivity index is 2.32. The summed E-state index contributed by atoms with van der Waals surface area (Å²) in [5.74, 6) is -0.809. The van der Waals surface area contributed by atoms with Crippen molar-refractivity contribution in [3.63, 3.8) is 0 Å². The largest absolute Gasteiger partial charge is 0.417 e. The fraction of sp³-hybridized carbons (Fsp3) is 0.200. The number of amides is 1. The third-order valence-corrected chi connectivity index (χ3v) is 2.10. The zero-order valence-electron chi connectivity index (χ0n) is 8.61. The Morgan fingerprint density at radius 2 is 2.31 bits per heavy atom. The summed E-state index contributed by atoms with van der Waals surface area (Å²) in [6.45, 7) is 1.59. The van der Waals surface area contributed by atoms with Gasteiger partial charge in [0.2, 0.25) is 5.91 Å². The topological polar surface area (TPSA) is 101 Å². The van der Waals surface area contributed by atoms with Crippen LogP contribution in [0.3, 0.4) is 0 Å². The number of hydrogen-bond donors (Lipinski definition) is 3. The SMILES string of the molecule is CC(N)C(=O)Nc1ccc2oc(=O)[nH]c2c1. The van der Waals surface area contributed by atoms with Crippen molar-refractivity contribution < 1.29 is 9.21 Å². The normalized spacial score (nSPS) is 12.6. The molecule has 1 aromatic heterocycles. The predicted octanol–water partition coefficient (Wildman–Crippen LogP) is 0.407. The zero-order valence-corrected chi connectivity index (χ0v) is 8.61. The average molecular weight is 221 g/mol. The van der Waals surface area contributed by atoms with E-state index in [0.29, 0.717) is 16.8 Å². The van der Waals surface area contributed by atoms with Crippen LogP contribution in [0.2, 0.25) is 0 Å². The highest BCUT2D eigenvalue weighted by molar-refractivity contribution is 5.95. The molecule has 16 heavy (non-hydrogen) atoms. The Labute approximate surface area is 90.4 Å². The third kappa shape index (κ3) is 1.96. The lowest BCUT2D eigenvalue weighted by Crippen LogP contribution is -2.32. The Morgan fingerprint density at radius 3 is 3.00 bits per heavy atom. The van der Waals surface area contributed by atoms with Gasteiger partial charge in [0.15, 0.2) is 5.58 Å². The monoisotopic (exact) mass is 221 g/mol. The lowest BCUT2D eigenvalue weighted by atomic mass is 10.2. The number of anilines is 1. The Morgan fingerprint density at radius 1 is 1.56 bits per heavy atom. The second-order valence-corrected chi connectivity index (χ2v) is 3.50. The summed E-state index contributed by atoms with van der Waals surface area (Å²) in [5.41, 5.74) is 6.96. The van der Waals surface area contributed by atoms with E-state index < -0.39 is 11.8 Å². The predicted molar refractivity (Wildman–Crippen MR) is 59.1 cm³/mol. The molecule has 0 aliphatic heterocycles. The number of hydrogen-bond acceptors (Lipinski definition) is 4. The third-order valence-electron chi connectivity index (χ3n) is 2.10. The molecule has 1 aromatic carbocycles. The number of oxazole rings is 1. The highest BCUT2D eigenvalue weighted by atomic mass is 16.4. The molecule has 0 aliphatic carbocycles. The van der Waals surface area contributed by atoms with Crippen LogP contribution in [0.25, 0.3) is 11.1 Å². The van der Waals surface area contributed by atoms with Crippen LogP contribution < -0.4 is 16.8 Å². The molecule has 0 fully saturated rings. The summed E-state index contributed by atoms with van der Waals surface area (Å²) in [5, 5.41) is 2.62. The van der Waals surface area contributed by atoms with Crippen molar-refractivity contribution in [2.75, 3.05) is 5.32 Å². The first-order valence-electron chi connectivity index (χ1n) is 4.75. The maximum Gasteiger partial charge on any atom is 0.417 e. The van der Waals surface area contributed by atoms with Gasteiger partial charge in [-0.05, 0) is 25.1 Å². The first kappa shape index (κ1) is 10.4. The molecule has 0 bridgehead atoms. The van der Waals surface area contributed by atoms with Crippen LogP contribution in [0.4, 0.5) is 5.69 Å². The first-order valence-corrected chi connectivity index (χ1v) is 4.75. The summed E-state index contributed by atoms with van der Waals surface area (Å²) in [7, 11) is 0. The smallest absolute Gasteiger partial charge is 0.408 e. The number of H-pyrrole nitrogens is 1. The first-order chi connectivity index (χ1) is 7.56. The van der Waals surface area contributed by atoms with Gasteiger partial charge >= 0.3 is 5.76 Å². The molecule has 1 heterocycles. The van der Waals surface area contributed by atoms with E-state index >= 15 is 0 Å². The number of rotatable bonds is 2.